The molecule has 0 saturated heterocycles. The van der Waals surface area contributed by atoms with Crippen LogP contribution in [0.5, 0.6) is 0 Å². The van der Waals surface area contributed by atoms with E-state index in [0.29, 0.717) is 0 Å². The van der Waals surface area contributed by atoms with Crippen molar-refractivity contribution < 1.29 is 14.5 Å². The number of unbranched alkanes of at least 4 members (excludes halogenated alkanes) is 1. The largest absolute Gasteiger partial charge is 0.481 e. The molecule has 4 heteroatoms. The van der Waals surface area contributed by atoms with Crippen molar-refractivity contribution in [2.24, 2.45) is 0 Å². The van der Waals surface area contributed by atoms with Crippen molar-refractivity contribution in [3.63, 3.8) is 0 Å². The van der Waals surface area contributed by atoms with Crippen molar-refractivity contribution in [2.45, 2.75) is 50.9 Å². The maximum Gasteiger partial charge on any atom is 0.304 e. The summed E-state index contributed by atoms with van der Waals surface area (Å²) in [6.07, 6.45) is 21.6. The second-order valence-corrected chi connectivity index (χ2v) is 10.6. The molecule has 1 atom stereocenters. The first-order valence-corrected chi connectivity index (χ1v) is 13.2. The van der Waals surface area contributed by atoms with Crippen LogP contribution in [0.1, 0.15) is 51.2 Å². The van der Waals surface area contributed by atoms with E-state index in [9.17, 15) is 9.90 Å². The van der Waals surface area contributed by atoms with E-state index in [0.717, 1.165) is 36.3 Å². The highest BCUT2D eigenvalue weighted by Gasteiger charge is 2.44. The van der Waals surface area contributed by atoms with Gasteiger partial charge < -0.3 is 10.0 Å². The van der Waals surface area contributed by atoms with Crippen LogP contribution in [0.2, 0.25) is 0 Å². The smallest absolute Gasteiger partial charge is 0.304 e. The van der Waals surface area contributed by atoms with Gasteiger partial charge in [-0.3, -0.25) is 4.79 Å². The van der Waals surface area contributed by atoms with Crippen LogP contribution in [0.25, 0.3) is 0 Å². The zero-order valence-corrected chi connectivity index (χ0v) is 22.8. The van der Waals surface area contributed by atoms with Gasteiger partial charge in [0, 0.05) is 54.4 Å². The number of aliphatic carboxylic acids is 1. The van der Waals surface area contributed by atoms with Crippen LogP contribution in [0, 0.1) is 12.3 Å². The summed E-state index contributed by atoms with van der Waals surface area (Å²) in [5.74, 6) is 1.95. The van der Waals surface area contributed by atoms with Gasteiger partial charge >= 0.3 is 5.97 Å². The number of nitrogens with zero attached hydrogens (tertiary/aromatic N) is 2. The number of hydrogen-bond acceptors (Lipinski definition) is 2. The normalized spacial score (nSPS) is 21.1. The number of anilines is 1. The van der Waals surface area contributed by atoms with Crippen molar-refractivity contribution in [3.8, 4) is 12.3 Å². The van der Waals surface area contributed by atoms with Gasteiger partial charge in [0.2, 0.25) is 5.69 Å². The summed E-state index contributed by atoms with van der Waals surface area (Å²) in [4.78, 5) is 13.8. The second-order valence-electron chi connectivity index (χ2n) is 10.6. The summed E-state index contributed by atoms with van der Waals surface area (Å²) in [6.45, 7) is 7.45. The van der Waals surface area contributed by atoms with Crippen LogP contribution >= 0.6 is 0 Å². The molecule has 1 unspecified atom stereocenters. The Morgan fingerprint density at radius 2 is 1.66 bits per heavy atom. The maximum atomic E-state index is 11.7. The first kappa shape index (κ1) is 26.9. The number of allylic oxidation sites excluding steroid dienone is 8. The second kappa shape index (κ2) is 11.1. The summed E-state index contributed by atoms with van der Waals surface area (Å²) in [5.41, 5.74) is 6.27. The topological polar surface area (TPSA) is 43.5 Å². The molecule has 2 aromatic rings. The van der Waals surface area contributed by atoms with Gasteiger partial charge in [0.05, 0.1) is 11.8 Å². The fourth-order valence-corrected chi connectivity index (χ4v) is 5.86. The summed E-state index contributed by atoms with van der Waals surface area (Å²) < 4.78 is 2.40. The molecule has 194 valence electrons. The Balaban J connectivity index is 1.53. The van der Waals surface area contributed by atoms with Gasteiger partial charge in [-0.2, -0.15) is 4.58 Å². The Morgan fingerprint density at radius 1 is 1.00 bits per heavy atom. The van der Waals surface area contributed by atoms with E-state index in [1.54, 1.807) is 0 Å². The molecule has 4 nitrogen and oxygen atoms in total. The van der Waals surface area contributed by atoms with Gasteiger partial charge in [-0.1, -0.05) is 66.8 Å². The van der Waals surface area contributed by atoms with Gasteiger partial charge in [-0.25, -0.2) is 0 Å². The molecular formula is C34H37N2O2+. The molecule has 2 aliphatic heterocycles. The third-order valence-corrected chi connectivity index (χ3v) is 7.75. The summed E-state index contributed by atoms with van der Waals surface area (Å²) >= 11 is 0. The number of benzene rings is 2. The molecule has 2 heterocycles. The third kappa shape index (κ3) is 5.02. The molecule has 4 rings (SSSR count). The molecule has 0 fully saturated rings. The Bertz CT molecular complexity index is 1410. The molecule has 0 aliphatic carbocycles. The van der Waals surface area contributed by atoms with Gasteiger partial charge in [0.25, 0.3) is 0 Å². The minimum atomic E-state index is -0.805. The lowest BCUT2D eigenvalue weighted by atomic mass is 9.78. The van der Waals surface area contributed by atoms with Gasteiger partial charge in [0.1, 0.15) is 6.54 Å². The van der Waals surface area contributed by atoms with E-state index in [4.69, 9.17) is 6.42 Å². The zero-order valence-electron chi connectivity index (χ0n) is 22.8. The number of terminal acetylenes is 1. The van der Waals surface area contributed by atoms with E-state index >= 15 is 0 Å². The van der Waals surface area contributed by atoms with Crippen LogP contribution in [0.4, 0.5) is 11.4 Å². The van der Waals surface area contributed by atoms with Crippen molar-refractivity contribution >= 4 is 23.1 Å². The molecule has 2 aliphatic rings. The SMILES string of the molecule is C#CCCC[N+]1=C(/C=C/C=C/C=C/C=C2/N(C)c3ccccc3C2(C)CC(=O)O)C(C)(C)c2ccccc21. The summed E-state index contributed by atoms with van der Waals surface area (Å²) in [7, 11) is 2.00. The number of carbonyl (C=O) groups is 1. The highest BCUT2D eigenvalue weighted by atomic mass is 16.4. The summed E-state index contributed by atoms with van der Waals surface area (Å²) in [5, 5.41) is 9.60. The van der Waals surface area contributed by atoms with Gasteiger partial charge in [-0.05, 0) is 38.5 Å². The molecule has 38 heavy (non-hydrogen) atoms. The first-order valence-electron chi connectivity index (χ1n) is 13.2. The third-order valence-electron chi connectivity index (χ3n) is 7.75. The molecular weight excluding hydrogens is 468 g/mol. The average molecular weight is 506 g/mol. The van der Waals surface area contributed by atoms with E-state index in [1.807, 2.05) is 68.6 Å². The zero-order chi connectivity index (χ0) is 27.3. The van der Waals surface area contributed by atoms with Crippen molar-refractivity contribution in [2.75, 3.05) is 18.5 Å². The lowest BCUT2D eigenvalue weighted by Gasteiger charge is -2.26. The Hall–Kier alpha value is -4.10. The molecule has 0 saturated carbocycles. The molecule has 0 bridgehead atoms. The van der Waals surface area contributed by atoms with Crippen LogP contribution in [0.15, 0.2) is 96.8 Å². The Kier molecular flexibility index (Phi) is 7.88. The number of hydrogen-bond donors (Lipinski definition) is 1. The Morgan fingerprint density at radius 3 is 2.39 bits per heavy atom. The van der Waals surface area contributed by atoms with Gasteiger partial charge in [-0.15, -0.1) is 12.3 Å². The minimum Gasteiger partial charge on any atom is -0.481 e. The molecule has 0 spiro atoms. The van der Waals surface area contributed by atoms with Crippen molar-refractivity contribution in [3.05, 3.63) is 108 Å². The van der Waals surface area contributed by atoms with Crippen LogP contribution < -0.4 is 4.90 Å². The first-order chi connectivity index (χ1) is 18.2. The number of carboxylic acids is 1. The molecule has 1 N–H and O–H groups in total. The quantitative estimate of drug-likeness (QED) is 0.174. The van der Waals surface area contributed by atoms with Crippen LogP contribution in [-0.4, -0.2) is 35.0 Å². The van der Waals surface area contributed by atoms with Crippen LogP contribution in [-0.2, 0) is 15.6 Å². The van der Waals surface area contributed by atoms with E-state index in [2.05, 4.69) is 65.7 Å². The lowest BCUT2D eigenvalue weighted by Crippen LogP contribution is -2.29. The predicted octanol–water partition coefficient (Wildman–Crippen LogP) is 6.91. The molecule has 0 aromatic heterocycles. The molecule has 0 amide bonds. The lowest BCUT2D eigenvalue weighted by molar-refractivity contribution is -0.438. The summed E-state index contributed by atoms with van der Waals surface area (Å²) in [6, 6.07) is 16.6. The number of likely N-dealkylation sites (N-methyl/N-ethyl adjacent to an activating group) is 1. The predicted molar refractivity (Wildman–Crippen MR) is 157 cm³/mol. The Labute approximate surface area is 227 Å². The molecule has 0 radical (unpaired) electrons. The molecule has 2 aromatic carbocycles. The number of para-hydroxylation sites is 2. The number of carboxylic acid groups (broad SMARTS) is 1. The van der Waals surface area contributed by atoms with Crippen molar-refractivity contribution in [1.29, 1.82) is 0 Å². The number of fused-ring (bicyclic) bond motifs is 2. The highest BCUT2D eigenvalue weighted by Crippen LogP contribution is 2.49. The fourth-order valence-electron chi connectivity index (χ4n) is 5.86. The minimum absolute atomic E-state index is 0.0429. The van der Waals surface area contributed by atoms with E-state index < -0.39 is 11.4 Å². The fraction of sp³-hybridized carbons (Fsp3) is 0.294. The number of rotatable bonds is 9. The van der Waals surface area contributed by atoms with E-state index in [1.165, 1.54) is 17.0 Å². The monoisotopic (exact) mass is 505 g/mol. The standard InChI is InChI=1S/C34H36N2O2/c1-6-7-17-24-36-29-21-16-13-18-26(29)33(2,3)30(36)22-11-9-8-10-12-23-31-34(4,25-32(37)38)27-19-14-15-20-28(27)35(31)5/h1,8-16,18-23H,7,17,24-25H2,2-5H3/p+1. The van der Waals surface area contributed by atoms with Crippen LogP contribution in [0.3, 0.4) is 0 Å². The van der Waals surface area contributed by atoms with Gasteiger partial charge in [0.15, 0.2) is 5.71 Å². The highest BCUT2D eigenvalue weighted by molar-refractivity contribution is 6.03. The van der Waals surface area contributed by atoms with Crippen molar-refractivity contribution in [1.82, 2.24) is 0 Å². The maximum absolute atomic E-state index is 11.7. The average Bonchev–Trinajstić information content (AvgIpc) is 3.23. The van der Waals surface area contributed by atoms with E-state index in [-0.39, 0.29) is 11.8 Å².